The second-order valence-corrected chi connectivity index (χ2v) is 12.3. The molecule has 1 fully saturated rings. The van der Waals surface area contributed by atoms with E-state index in [4.69, 9.17) is 0 Å². The number of fused-ring (bicyclic) bond motifs is 1. The van der Waals surface area contributed by atoms with E-state index >= 15 is 4.39 Å². The van der Waals surface area contributed by atoms with E-state index in [2.05, 4.69) is 26.6 Å². The van der Waals surface area contributed by atoms with E-state index in [1.165, 1.54) is 43.2 Å². The van der Waals surface area contributed by atoms with Gasteiger partial charge >= 0.3 is 6.03 Å². The number of halogens is 2. The number of thiophene rings is 1. The number of hydrogen-bond donors (Lipinski definition) is 4. The molecule has 13 heteroatoms. The molecule has 0 unspecified atom stereocenters. The summed E-state index contributed by atoms with van der Waals surface area (Å²) >= 11 is 4.42. The smallest absolute Gasteiger partial charge is 0.333 e. The topological polar surface area (TPSA) is 130 Å². The van der Waals surface area contributed by atoms with Crippen molar-refractivity contribution in [2.24, 2.45) is 5.92 Å². The number of nitrogens with zero attached hydrogens (tertiary/aromatic N) is 1. The van der Waals surface area contributed by atoms with Gasteiger partial charge in [0.05, 0.1) is 5.69 Å². The Morgan fingerprint density at radius 2 is 1.97 bits per heavy atom. The molecule has 2 aromatic carbocycles. The van der Waals surface area contributed by atoms with Crippen LogP contribution in [0.5, 0.6) is 5.88 Å². The molecule has 1 aliphatic carbocycles. The summed E-state index contributed by atoms with van der Waals surface area (Å²) < 4.78 is 42.7. The van der Waals surface area contributed by atoms with Crippen LogP contribution in [0.3, 0.4) is 0 Å². The lowest BCUT2D eigenvalue weighted by molar-refractivity contribution is 0.256. The van der Waals surface area contributed by atoms with Crippen LogP contribution in [0.2, 0.25) is 0 Å². The highest BCUT2D eigenvalue weighted by Gasteiger charge is 2.22. The average Bonchev–Trinajstić information content (AvgIpc) is 3.48. The van der Waals surface area contributed by atoms with E-state index in [9.17, 15) is 23.1 Å². The predicted octanol–water partition coefficient (Wildman–Crippen LogP) is 4.99. The summed E-state index contributed by atoms with van der Waals surface area (Å²) in [6, 6.07) is 9.90. The normalized spacial score (nSPS) is 13.5. The maximum atomic E-state index is 15.1. The first kappa shape index (κ1) is 25.2. The van der Waals surface area contributed by atoms with Crippen LogP contribution in [0.15, 0.2) is 67.4 Å². The van der Waals surface area contributed by atoms with Crippen LogP contribution in [0.25, 0.3) is 16.5 Å². The minimum absolute atomic E-state index is 0.0483. The molecule has 0 atom stereocenters. The summed E-state index contributed by atoms with van der Waals surface area (Å²) in [6.07, 6.45) is 2.37. The van der Waals surface area contributed by atoms with Crippen LogP contribution >= 0.6 is 27.3 Å². The van der Waals surface area contributed by atoms with Crippen LogP contribution in [0, 0.1) is 11.7 Å². The Morgan fingerprint density at radius 3 is 2.65 bits per heavy atom. The zero-order valence-electron chi connectivity index (χ0n) is 19.0. The molecule has 1 aliphatic rings. The number of rotatable bonds is 7. The zero-order valence-corrected chi connectivity index (χ0v) is 22.2. The number of anilines is 2. The van der Waals surface area contributed by atoms with Gasteiger partial charge in [-0.2, -0.15) is 0 Å². The van der Waals surface area contributed by atoms with Gasteiger partial charge in [0.1, 0.15) is 10.0 Å². The van der Waals surface area contributed by atoms with Gasteiger partial charge < -0.3 is 15.7 Å². The van der Waals surface area contributed by atoms with E-state index in [0.717, 1.165) is 34.2 Å². The predicted molar refractivity (Wildman–Crippen MR) is 144 cm³/mol. The molecular formula is C24H20BrFN4O5S2. The Labute approximate surface area is 223 Å². The largest absolute Gasteiger partial charge is 0.494 e. The highest BCUT2D eigenvalue weighted by atomic mass is 79.9. The first-order valence-corrected chi connectivity index (χ1v) is 14.3. The molecular weight excluding hydrogens is 587 g/mol. The number of carbonyl (C=O) groups is 1. The third-order valence-electron chi connectivity index (χ3n) is 5.80. The second-order valence-electron chi connectivity index (χ2n) is 8.54. The van der Waals surface area contributed by atoms with Gasteiger partial charge in [0.15, 0.2) is 0 Å². The van der Waals surface area contributed by atoms with Crippen molar-refractivity contribution in [3.63, 3.8) is 0 Å². The molecule has 5 rings (SSSR count). The lowest BCUT2D eigenvalue weighted by Crippen LogP contribution is -2.34. The molecule has 0 aliphatic heterocycles. The maximum Gasteiger partial charge on any atom is 0.333 e. The van der Waals surface area contributed by atoms with E-state index in [0.29, 0.717) is 21.2 Å². The van der Waals surface area contributed by atoms with Gasteiger partial charge in [-0.3, -0.25) is 4.79 Å². The molecule has 2 aromatic heterocycles. The van der Waals surface area contributed by atoms with Crippen molar-refractivity contribution >= 4 is 65.5 Å². The van der Waals surface area contributed by atoms with Crippen molar-refractivity contribution in [3.05, 3.63) is 74.6 Å². The number of urea groups is 1. The Balaban J connectivity index is 1.40. The molecule has 2 heterocycles. The van der Waals surface area contributed by atoms with Gasteiger partial charge in [-0.1, -0.05) is 6.07 Å². The number of benzene rings is 2. The number of aromatic hydroxyl groups is 1. The summed E-state index contributed by atoms with van der Waals surface area (Å²) in [5.41, 5.74) is -0.159. The minimum atomic E-state index is -4.07. The first-order valence-electron chi connectivity index (χ1n) is 11.1. The molecule has 37 heavy (non-hydrogen) atoms. The van der Waals surface area contributed by atoms with Gasteiger partial charge in [0.2, 0.25) is 5.88 Å². The highest BCUT2D eigenvalue weighted by Crippen LogP contribution is 2.35. The van der Waals surface area contributed by atoms with Crippen LogP contribution in [0.4, 0.5) is 20.6 Å². The summed E-state index contributed by atoms with van der Waals surface area (Å²) in [4.78, 5) is 25.0. The van der Waals surface area contributed by atoms with Gasteiger partial charge in [0.25, 0.3) is 15.6 Å². The number of pyridine rings is 1. The number of nitrogens with one attached hydrogen (secondary N) is 3. The Kier molecular flexibility index (Phi) is 6.68. The molecule has 0 spiro atoms. The van der Waals surface area contributed by atoms with Gasteiger partial charge in [-0.15, -0.1) is 11.3 Å². The molecule has 2 amide bonds. The minimum Gasteiger partial charge on any atom is -0.494 e. The Bertz CT molecular complexity index is 1690. The van der Waals surface area contributed by atoms with Crippen molar-refractivity contribution in [2.75, 3.05) is 17.2 Å². The molecule has 1 saturated carbocycles. The van der Waals surface area contributed by atoms with Crippen molar-refractivity contribution in [1.82, 2.24) is 9.29 Å². The second kappa shape index (κ2) is 9.80. The van der Waals surface area contributed by atoms with Crippen LogP contribution in [-0.4, -0.2) is 30.7 Å². The Hall–Kier alpha value is -3.42. The number of hydrogen-bond acceptors (Lipinski definition) is 7. The third kappa shape index (κ3) is 5.33. The zero-order chi connectivity index (χ0) is 26.3. The van der Waals surface area contributed by atoms with Crippen molar-refractivity contribution in [3.8, 4) is 11.6 Å². The lowest BCUT2D eigenvalue weighted by atomic mass is 10.1. The van der Waals surface area contributed by atoms with Crippen LogP contribution in [0.1, 0.15) is 12.8 Å². The number of sulfonamides is 1. The van der Waals surface area contributed by atoms with Crippen LogP contribution < -0.4 is 20.9 Å². The molecule has 0 bridgehead atoms. The van der Waals surface area contributed by atoms with E-state index in [-0.39, 0.29) is 15.6 Å². The molecule has 0 radical (unpaired) electrons. The maximum absolute atomic E-state index is 15.1. The van der Waals surface area contributed by atoms with Gasteiger partial charge in [0, 0.05) is 33.8 Å². The molecule has 4 N–H and O–H groups in total. The van der Waals surface area contributed by atoms with Crippen LogP contribution in [-0.2, 0) is 10.0 Å². The lowest BCUT2D eigenvalue weighted by Gasteiger charge is -2.15. The fourth-order valence-electron chi connectivity index (χ4n) is 3.78. The summed E-state index contributed by atoms with van der Waals surface area (Å²) in [6.45, 7) is 0.816. The summed E-state index contributed by atoms with van der Waals surface area (Å²) in [5.74, 6) is -0.727. The SMILES string of the molecule is O=C(Nc1ccc(-n2c(O)c3cc(Br)c(NCC4CC4)cc3cc2=O)c(F)c1)NS(=O)(=O)c1cccs1. The third-order valence-corrected chi connectivity index (χ3v) is 9.19. The van der Waals surface area contributed by atoms with Crippen molar-refractivity contribution in [2.45, 2.75) is 17.1 Å². The fraction of sp³-hybridized carbons (Fsp3) is 0.167. The quantitative estimate of drug-likeness (QED) is 0.234. The number of amides is 2. The van der Waals surface area contributed by atoms with E-state index < -0.39 is 33.3 Å². The van der Waals surface area contributed by atoms with Crippen molar-refractivity contribution in [1.29, 1.82) is 0 Å². The van der Waals surface area contributed by atoms with Gasteiger partial charge in [-0.05, 0) is 81.9 Å². The standard InChI is InChI=1S/C24H20BrFN4O5S2/c25-17-11-16-14(8-19(17)27-12-13-3-4-13)9-21(31)30(23(16)32)20-6-5-15(10-18(20)26)28-24(33)29-37(34,35)22-2-1-7-36-22/h1-2,5-11,13,27,32H,3-4,12H2,(H2,28,29,33). The number of carbonyl (C=O) groups excluding carboxylic acids is 1. The van der Waals surface area contributed by atoms with Crippen molar-refractivity contribution < 1.29 is 22.7 Å². The number of aromatic nitrogens is 1. The summed E-state index contributed by atoms with van der Waals surface area (Å²) in [7, 11) is -4.07. The molecule has 192 valence electrons. The molecule has 0 saturated heterocycles. The highest BCUT2D eigenvalue weighted by molar-refractivity contribution is 9.10. The summed E-state index contributed by atoms with van der Waals surface area (Å²) in [5, 5.41) is 18.8. The monoisotopic (exact) mass is 606 g/mol. The first-order chi connectivity index (χ1) is 17.6. The van der Waals surface area contributed by atoms with E-state index in [1.807, 2.05) is 4.72 Å². The van der Waals surface area contributed by atoms with Gasteiger partial charge in [-0.25, -0.2) is 26.9 Å². The fourth-order valence-corrected chi connectivity index (χ4v) is 6.17. The molecule has 4 aromatic rings. The average molecular weight is 607 g/mol. The molecule has 9 nitrogen and oxygen atoms in total. The van der Waals surface area contributed by atoms with E-state index in [1.54, 1.807) is 17.5 Å². The Morgan fingerprint density at radius 1 is 1.19 bits per heavy atom.